The molecule has 0 radical (unpaired) electrons. The number of hydrogen-bond acceptors (Lipinski definition) is 2. The quantitative estimate of drug-likeness (QED) is 0.588. The van der Waals surface area contributed by atoms with E-state index in [2.05, 4.69) is 42.9 Å². The molecule has 0 aromatic rings. The van der Waals surface area contributed by atoms with Gasteiger partial charge in [0.2, 0.25) is 5.91 Å². The lowest BCUT2D eigenvalue weighted by molar-refractivity contribution is -0.130. The highest BCUT2D eigenvalue weighted by molar-refractivity contribution is 5.82. The van der Waals surface area contributed by atoms with E-state index in [0.717, 1.165) is 12.0 Å². The summed E-state index contributed by atoms with van der Waals surface area (Å²) >= 11 is 0. The third kappa shape index (κ3) is 2.31. The van der Waals surface area contributed by atoms with Gasteiger partial charge < -0.3 is 5.32 Å². The van der Waals surface area contributed by atoms with E-state index >= 15 is 0 Å². The average molecular weight is 244 g/mol. The van der Waals surface area contributed by atoms with Crippen molar-refractivity contribution in [3.63, 3.8) is 0 Å². The maximum Gasteiger partial charge on any atom is 0.226 e. The van der Waals surface area contributed by atoms with Crippen LogP contribution in [0, 0.1) is 11.8 Å². The van der Waals surface area contributed by atoms with Gasteiger partial charge in [-0.25, -0.2) is 0 Å². The third-order valence-corrected chi connectivity index (χ3v) is 3.68. The van der Waals surface area contributed by atoms with Crippen LogP contribution in [0.4, 0.5) is 0 Å². The van der Waals surface area contributed by atoms with Gasteiger partial charge in [0.25, 0.3) is 0 Å². The predicted molar refractivity (Wildman–Crippen MR) is 73.7 cm³/mol. The smallest absolute Gasteiger partial charge is 0.226 e. The molecule has 0 saturated carbocycles. The number of hydrogen-bond donors (Lipinski definition) is 2. The molecule has 2 rings (SSSR count). The predicted octanol–water partition coefficient (Wildman–Crippen LogP) is 1.91. The summed E-state index contributed by atoms with van der Waals surface area (Å²) in [5.41, 5.74) is 0.944. The van der Waals surface area contributed by atoms with Crippen LogP contribution in [0.1, 0.15) is 13.3 Å². The van der Waals surface area contributed by atoms with Crippen LogP contribution in [-0.4, -0.2) is 18.1 Å². The number of nitrogens with one attached hydrogen (secondary N) is 2. The minimum Gasteiger partial charge on any atom is -0.336 e. The van der Waals surface area contributed by atoms with Crippen molar-refractivity contribution in [2.24, 2.45) is 11.8 Å². The Morgan fingerprint density at radius 1 is 1.50 bits per heavy atom. The minimum absolute atomic E-state index is 0.0287. The van der Waals surface area contributed by atoms with Crippen LogP contribution in [0.25, 0.3) is 0 Å². The van der Waals surface area contributed by atoms with Crippen molar-refractivity contribution in [1.82, 2.24) is 10.6 Å². The van der Waals surface area contributed by atoms with Gasteiger partial charge in [-0.2, -0.15) is 0 Å². The molecule has 0 aromatic heterocycles. The molecule has 2 N–H and O–H groups in total. The van der Waals surface area contributed by atoms with Gasteiger partial charge in [0.1, 0.15) is 6.17 Å². The topological polar surface area (TPSA) is 41.1 Å². The lowest BCUT2D eigenvalue weighted by atomic mass is 9.79. The highest BCUT2D eigenvalue weighted by Crippen LogP contribution is 2.28. The highest BCUT2D eigenvalue weighted by Gasteiger charge is 2.39. The van der Waals surface area contributed by atoms with Gasteiger partial charge in [0.05, 0.1) is 5.92 Å². The molecule has 1 fully saturated rings. The van der Waals surface area contributed by atoms with E-state index in [-0.39, 0.29) is 30.0 Å². The SMILES string of the molecule is C=C/C=C(\C=C)C1NC(=O)C2C(C)C=CCC2N1. The Balaban J connectivity index is 2.19. The molecule has 1 heterocycles. The van der Waals surface area contributed by atoms with Crippen LogP contribution in [0.2, 0.25) is 0 Å². The summed E-state index contributed by atoms with van der Waals surface area (Å²) in [6.45, 7) is 9.54. The Morgan fingerprint density at radius 2 is 2.28 bits per heavy atom. The Hall–Kier alpha value is -1.61. The van der Waals surface area contributed by atoms with Crippen LogP contribution < -0.4 is 10.6 Å². The van der Waals surface area contributed by atoms with Gasteiger partial charge in [0, 0.05) is 6.04 Å². The molecule has 0 aromatic carbocycles. The number of allylic oxidation sites excluding steroid dienone is 3. The summed E-state index contributed by atoms with van der Waals surface area (Å²) in [6.07, 6.45) is 10.3. The molecule has 1 aliphatic carbocycles. The molecule has 4 atom stereocenters. The average Bonchev–Trinajstić information content (AvgIpc) is 2.35. The van der Waals surface area contributed by atoms with Crippen molar-refractivity contribution in [3.05, 3.63) is 49.1 Å². The molecule has 3 nitrogen and oxygen atoms in total. The Bertz CT molecular complexity index is 422. The molecule has 1 amide bonds. The van der Waals surface area contributed by atoms with E-state index in [1.54, 1.807) is 12.2 Å². The Kier molecular flexibility index (Phi) is 3.82. The first-order valence-corrected chi connectivity index (χ1v) is 6.35. The first kappa shape index (κ1) is 12.8. The van der Waals surface area contributed by atoms with Crippen molar-refractivity contribution in [2.75, 3.05) is 0 Å². The van der Waals surface area contributed by atoms with E-state index in [1.807, 2.05) is 6.08 Å². The highest BCUT2D eigenvalue weighted by atomic mass is 16.2. The number of fused-ring (bicyclic) bond motifs is 1. The van der Waals surface area contributed by atoms with Crippen LogP contribution in [0.15, 0.2) is 49.1 Å². The third-order valence-electron chi connectivity index (χ3n) is 3.68. The minimum atomic E-state index is -0.159. The molecule has 3 heteroatoms. The zero-order valence-electron chi connectivity index (χ0n) is 10.7. The number of carbonyl (C=O) groups is 1. The summed E-state index contributed by atoms with van der Waals surface area (Å²) in [5, 5.41) is 6.49. The molecular formula is C15H20N2O. The summed E-state index contributed by atoms with van der Waals surface area (Å²) < 4.78 is 0. The Morgan fingerprint density at radius 3 is 2.94 bits per heavy atom. The van der Waals surface area contributed by atoms with E-state index in [9.17, 15) is 4.79 Å². The van der Waals surface area contributed by atoms with E-state index < -0.39 is 0 Å². The van der Waals surface area contributed by atoms with Gasteiger partial charge >= 0.3 is 0 Å². The zero-order chi connectivity index (χ0) is 13.1. The van der Waals surface area contributed by atoms with Crippen molar-refractivity contribution < 1.29 is 4.79 Å². The summed E-state index contributed by atoms with van der Waals surface area (Å²) in [6, 6.07) is 0.205. The fourth-order valence-corrected chi connectivity index (χ4v) is 2.76. The van der Waals surface area contributed by atoms with Gasteiger partial charge in [-0.05, 0) is 17.9 Å². The summed E-state index contributed by atoms with van der Waals surface area (Å²) in [5.74, 6) is 0.436. The molecule has 1 saturated heterocycles. The second-order valence-corrected chi connectivity index (χ2v) is 4.87. The molecule has 0 spiro atoms. The van der Waals surface area contributed by atoms with Crippen molar-refractivity contribution in [3.8, 4) is 0 Å². The molecule has 4 unspecified atom stereocenters. The fourth-order valence-electron chi connectivity index (χ4n) is 2.76. The van der Waals surface area contributed by atoms with Crippen molar-refractivity contribution in [2.45, 2.75) is 25.6 Å². The monoisotopic (exact) mass is 244 g/mol. The number of amides is 1. The number of rotatable bonds is 3. The van der Waals surface area contributed by atoms with Gasteiger partial charge in [-0.3, -0.25) is 10.1 Å². The second kappa shape index (κ2) is 5.36. The Labute approximate surface area is 108 Å². The molecule has 2 aliphatic rings. The van der Waals surface area contributed by atoms with Gasteiger partial charge in [0.15, 0.2) is 0 Å². The van der Waals surface area contributed by atoms with Crippen molar-refractivity contribution >= 4 is 5.91 Å². The maximum atomic E-state index is 12.2. The normalized spacial score (nSPS) is 35.6. The molecule has 0 bridgehead atoms. The lowest BCUT2D eigenvalue weighted by Crippen LogP contribution is -2.63. The molecule has 96 valence electrons. The first-order chi connectivity index (χ1) is 8.67. The maximum absolute atomic E-state index is 12.2. The second-order valence-electron chi connectivity index (χ2n) is 4.87. The van der Waals surface area contributed by atoms with Gasteiger partial charge in [-0.15, -0.1) is 0 Å². The largest absolute Gasteiger partial charge is 0.336 e. The van der Waals surface area contributed by atoms with Gasteiger partial charge in [-0.1, -0.05) is 50.5 Å². The first-order valence-electron chi connectivity index (χ1n) is 6.35. The van der Waals surface area contributed by atoms with Crippen molar-refractivity contribution in [1.29, 1.82) is 0 Å². The van der Waals surface area contributed by atoms with Crippen LogP contribution in [0.3, 0.4) is 0 Å². The number of carbonyl (C=O) groups excluding carboxylic acids is 1. The molecule has 18 heavy (non-hydrogen) atoms. The van der Waals surface area contributed by atoms with Crippen LogP contribution in [0.5, 0.6) is 0 Å². The van der Waals surface area contributed by atoms with Crippen LogP contribution >= 0.6 is 0 Å². The lowest BCUT2D eigenvalue weighted by Gasteiger charge is -2.41. The molecular weight excluding hydrogens is 224 g/mol. The molecule has 1 aliphatic heterocycles. The van der Waals surface area contributed by atoms with E-state index in [0.29, 0.717) is 0 Å². The summed E-state index contributed by atoms with van der Waals surface area (Å²) in [4.78, 5) is 12.2. The van der Waals surface area contributed by atoms with Crippen LogP contribution in [-0.2, 0) is 4.79 Å². The standard InChI is InChI=1S/C15H20N2O/c1-4-7-11(5-2)14-16-12-9-6-8-10(3)13(12)15(18)17-14/h4-8,10,12-14,16H,1-2,9H2,3H3,(H,17,18)/b11-7+. The van der Waals surface area contributed by atoms with E-state index in [1.165, 1.54) is 0 Å². The van der Waals surface area contributed by atoms with E-state index in [4.69, 9.17) is 0 Å². The fraction of sp³-hybridized carbons (Fsp3) is 0.400. The zero-order valence-corrected chi connectivity index (χ0v) is 10.7. The summed E-state index contributed by atoms with van der Waals surface area (Å²) in [7, 11) is 0.